The minimum absolute atomic E-state index is 0.0324. The van der Waals surface area contributed by atoms with Crippen molar-refractivity contribution in [3.8, 4) is 0 Å². The van der Waals surface area contributed by atoms with E-state index >= 15 is 0 Å². The summed E-state index contributed by atoms with van der Waals surface area (Å²) in [7, 11) is 0. The molecule has 1 amide bonds. The van der Waals surface area contributed by atoms with Gasteiger partial charge in [-0.3, -0.25) is 10.1 Å². The minimum atomic E-state index is -0.717. The summed E-state index contributed by atoms with van der Waals surface area (Å²) in [6, 6.07) is 13.1. The Morgan fingerprint density at radius 3 is 2.58 bits per heavy atom. The van der Waals surface area contributed by atoms with Gasteiger partial charge in [0.05, 0.1) is 17.8 Å². The Balaban J connectivity index is 1.84. The van der Waals surface area contributed by atoms with E-state index in [2.05, 4.69) is 24.5 Å². The third-order valence-corrected chi connectivity index (χ3v) is 5.67. The van der Waals surface area contributed by atoms with E-state index in [0.29, 0.717) is 30.6 Å². The fourth-order valence-electron chi connectivity index (χ4n) is 3.17. The van der Waals surface area contributed by atoms with E-state index in [1.54, 1.807) is 6.26 Å². The fourth-order valence-corrected chi connectivity index (χ4v) is 3.99. The van der Waals surface area contributed by atoms with Crippen molar-refractivity contribution in [1.82, 2.24) is 10.6 Å². The van der Waals surface area contributed by atoms with Gasteiger partial charge in [-0.05, 0) is 36.5 Å². The Hall–Kier alpha value is -2.29. The molecular weight excluding hydrogens is 440 g/mol. The van der Waals surface area contributed by atoms with E-state index in [-0.39, 0.29) is 18.4 Å². The van der Waals surface area contributed by atoms with Crippen LogP contribution in [0.2, 0.25) is 0 Å². The molecule has 0 aliphatic rings. The molecule has 0 fully saturated rings. The predicted octanol–water partition coefficient (Wildman–Crippen LogP) is 4.77. The highest BCUT2D eigenvalue weighted by Gasteiger charge is 2.22. The maximum absolute atomic E-state index is 12.7. The van der Waals surface area contributed by atoms with E-state index in [1.165, 1.54) is 11.8 Å². The molecule has 0 saturated heterocycles. The van der Waals surface area contributed by atoms with Crippen molar-refractivity contribution in [1.29, 1.82) is 0 Å². The number of thioether (sulfide) groups is 1. The van der Waals surface area contributed by atoms with Gasteiger partial charge in [0.2, 0.25) is 0 Å². The first-order chi connectivity index (χ1) is 16.0. The van der Waals surface area contributed by atoms with Crippen LogP contribution in [0.15, 0.2) is 53.1 Å². The minimum Gasteiger partial charge on any atom is -0.468 e. The molecule has 1 aromatic heterocycles. The molecule has 0 bridgehead atoms. The molecule has 7 nitrogen and oxygen atoms in total. The van der Waals surface area contributed by atoms with E-state index in [9.17, 15) is 9.59 Å². The van der Waals surface area contributed by atoms with Crippen LogP contribution in [0.25, 0.3) is 0 Å². The van der Waals surface area contributed by atoms with Gasteiger partial charge in [-0.25, -0.2) is 4.79 Å². The molecule has 0 spiro atoms. The van der Waals surface area contributed by atoms with Gasteiger partial charge >= 0.3 is 6.09 Å². The number of alkyl carbamates (subject to hydrolysis) is 1. The summed E-state index contributed by atoms with van der Waals surface area (Å²) < 4.78 is 16.4. The second-order valence-corrected chi connectivity index (χ2v) is 9.22. The van der Waals surface area contributed by atoms with Crippen molar-refractivity contribution in [2.75, 3.05) is 18.9 Å². The van der Waals surface area contributed by atoms with E-state index in [4.69, 9.17) is 13.9 Å². The Morgan fingerprint density at radius 1 is 1.12 bits per heavy atom. The number of ether oxygens (including phenoxy) is 2. The van der Waals surface area contributed by atoms with Gasteiger partial charge in [-0.1, -0.05) is 51.1 Å². The monoisotopic (exact) mass is 476 g/mol. The highest BCUT2D eigenvalue weighted by molar-refractivity contribution is 7.99. The molecule has 33 heavy (non-hydrogen) atoms. The Kier molecular flexibility index (Phi) is 12.7. The van der Waals surface area contributed by atoms with Crippen molar-refractivity contribution in [2.24, 2.45) is 5.92 Å². The molecule has 2 aromatic rings. The number of carbonyl (C=O) groups excluding carboxylic acids is 2. The fraction of sp³-hybridized carbons (Fsp3) is 0.520. The maximum Gasteiger partial charge on any atom is 0.407 e. The Morgan fingerprint density at radius 2 is 1.91 bits per heavy atom. The van der Waals surface area contributed by atoms with E-state index in [0.717, 1.165) is 24.2 Å². The molecule has 0 aliphatic heterocycles. The number of rotatable bonds is 16. The summed E-state index contributed by atoms with van der Waals surface area (Å²) in [6.07, 6.45) is 1.99. The molecule has 0 radical (unpaired) electrons. The standard InChI is InChI=1S/C25H36N2O5S/c1-4-12-31-24(23(28)18-33-17-22-11-8-13-30-22)26-15-21(14-19(2)3)27-25(29)32-16-20-9-6-5-7-10-20/h5-11,13,19,21,24,26H,4,12,14-18H2,1-3H3,(H,27,29). The molecule has 0 saturated carbocycles. The van der Waals surface area contributed by atoms with Gasteiger partial charge in [0.25, 0.3) is 0 Å². The second-order valence-electron chi connectivity index (χ2n) is 8.23. The molecule has 2 atom stereocenters. The largest absolute Gasteiger partial charge is 0.468 e. The lowest BCUT2D eigenvalue weighted by Gasteiger charge is -2.24. The molecule has 182 valence electrons. The molecule has 8 heteroatoms. The second kappa shape index (κ2) is 15.5. The van der Waals surface area contributed by atoms with E-state index in [1.807, 2.05) is 49.4 Å². The van der Waals surface area contributed by atoms with Gasteiger partial charge in [0, 0.05) is 19.2 Å². The van der Waals surface area contributed by atoms with E-state index < -0.39 is 12.3 Å². The summed E-state index contributed by atoms with van der Waals surface area (Å²) in [5.74, 6) is 2.10. The highest BCUT2D eigenvalue weighted by atomic mass is 32.2. The summed E-state index contributed by atoms with van der Waals surface area (Å²) in [5, 5.41) is 6.13. The van der Waals surface area contributed by atoms with Crippen molar-refractivity contribution in [3.63, 3.8) is 0 Å². The average Bonchev–Trinajstić information content (AvgIpc) is 3.31. The number of hydrogen-bond donors (Lipinski definition) is 2. The van der Waals surface area contributed by atoms with Gasteiger partial charge in [-0.2, -0.15) is 0 Å². The third kappa shape index (κ3) is 11.4. The van der Waals surface area contributed by atoms with Crippen molar-refractivity contribution >= 4 is 23.6 Å². The van der Waals surface area contributed by atoms with Gasteiger partial charge in [0.1, 0.15) is 12.4 Å². The predicted molar refractivity (Wildman–Crippen MR) is 131 cm³/mol. The summed E-state index contributed by atoms with van der Waals surface area (Å²) in [4.78, 5) is 25.1. The number of nitrogens with one attached hydrogen (secondary N) is 2. The first-order valence-corrected chi connectivity index (χ1v) is 12.6. The van der Waals surface area contributed by atoms with Crippen LogP contribution in [0.1, 0.15) is 44.9 Å². The lowest BCUT2D eigenvalue weighted by atomic mass is 10.0. The van der Waals surface area contributed by atoms with Crippen LogP contribution in [0.3, 0.4) is 0 Å². The van der Waals surface area contributed by atoms with Crippen LogP contribution >= 0.6 is 11.8 Å². The number of benzene rings is 1. The molecule has 0 aliphatic carbocycles. The topological polar surface area (TPSA) is 89.8 Å². The van der Waals surface area contributed by atoms with Crippen LogP contribution in [-0.2, 0) is 26.6 Å². The number of hydrogen-bond acceptors (Lipinski definition) is 7. The number of ketones is 1. The van der Waals surface area contributed by atoms with Crippen LogP contribution < -0.4 is 10.6 Å². The van der Waals surface area contributed by atoms with Crippen molar-refractivity contribution in [2.45, 2.75) is 58.2 Å². The number of amides is 1. The van der Waals surface area contributed by atoms with Gasteiger partial charge < -0.3 is 19.2 Å². The lowest BCUT2D eigenvalue weighted by Crippen LogP contribution is -2.49. The van der Waals surface area contributed by atoms with Crippen molar-refractivity contribution < 1.29 is 23.5 Å². The van der Waals surface area contributed by atoms with Crippen LogP contribution in [0, 0.1) is 5.92 Å². The van der Waals surface area contributed by atoms with Crippen LogP contribution in [0.4, 0.5) is 4.79 Å². The maximum atomic E-state index is 12.7. The average molecular weight is 477 g/mol. The quantitative estimate of drug-likeness (QED) is 0.338. The molecule has 1 aromatic carbocycles. The smallest absolute Gasteiger partial charge is 0.407 e. The number of furan rings is 1. The zero-order chi connectivity index (χ0) is 23.9. The molecule has 2 unspecified atom stereocenters. The first kappa shape index (κ1) is 27.0. The molecule has 1 heterocycles. The SMILES string of the molecule is CCCOC(NCC(CC(C)C)NC(=O)OCc1ccccc1)C(=O)CSCc1ccco1. The molecular formula is C25H36N2O5S. The Labute approximate surface area is 201 Å². The molecule has 2 N–H and O–H groups in total. The van der Waals surface area contributed by atoms with Gasteiger partial charge in [-0.15, -0.1) is 11.8 Å². The summed E-state index contributed by atoms with van der Waals surface area (Å²) >= 11 is 1.49. The van der Waals surface area contributed by atoms with Crippen molar-refractivity contribution in [3.05, 3.63) is 60.1 Å². The van der Waals surface area contributed by atoms with Crippen LogP contribution in [-0.4, -0.2) is 43.1 Å². The van der Waals surface area contributed by atoms with Crippen LogP contribution in [0.5, 0.6) is 0 Å². The zero-order valence-corrected chi connectivity index (χ0v) is 20.6. The normalized spacial score (nSPS) is 13.0. The lowest BCUT2D eigenvalue weighted by molar-refractivity contribution is -0.130. The number of Topliss-reactive ketones (excluding diaryl/α,β-unsaturated/α-hetero) is 1. The first-order valence-electron chi connectivity index (χ1n) is 11.4. The zero-order valence-electron chi connectivity index (χ0n) is 19.8. The summed E-state index contributed by atoms with van der Waals surface area (Å²) in [6.45, 7) is 7.27. The highest BCUT2D eigenvalue weighted by Crippen LogP contribution is 2.13. The van der Waals surface area contributed by atoms with Gasteiger partial charge in [0.15, 0.2) is 12.0 Å². The molecule has 2 rings (SSSR count). The number of carbonyl (C=O) groups is 2. The third-order valence-electron chi connectivity index (χ3n) is 4.69. The Bertz CT molecular complexity index is 798. The summed E-state index contributed by atoms with van der Waals surface area (Å²) in [5.41, 5.74) is 0.928.